The van der Waals surface area contributed by atoms with Gasteiger partial charge in [-0.1, -0.05) is 48.2 Å². The fraction of sp³-hybridized carbons (Fsp3) is 0.333. The summed E-state index contributed by atoms with van der Waals surface area (Å²) < 4.78 is 14.8. The van der Waals surface area contributed by atoms with Gasteiger partial charge in [-0.2, -0.15) is 0 Å². The summed E-state index contributed by atoms with van der Waals surface area (Å²) in [5, 5.41) is 13.2. The Morgan fingerprint density at radius 2 is 2.00 bits per heavy atom. The minimum absolute atomic E-state index is 0.139. The van der Waals surface area contributed by atoms with Crippen molar-refractivity contribution >= 4 is 57.2 Å². The van der Waals surface area contributed by atoms with Crippen molar-refractivity contribution in [2.24, 2.45) is 0 Å². The second-order valence-corrected chi connectivity index (χ2v) is 10.6. The maximum atomic E-state index is 13.0. The molecule has 0 saturated carbocycles. The van der Waals surface area contributed by atoms with Crippen LogP contribution >= 0.6 is 46.2 Å². The molecule has 0 fully saturated rings. The van der Waals surface area contributed by atoms with E-state index in [1.54, 1.807) is 23.9 Å². The maximum absolute atomic E-state index is 13.0. The number of hydrogen-bond donors (Lipinski definition) is 1. The van der Waals surface area contributed by atoms with Crippen molar-refractivity contribution in [3.63, 3.8) is 0 Å². The minimum Gasteiger partial charge on any atom is -0.301 e. The zero-order valence-corrected chi connectivity index (χ0v) is 18.6. The third-order valence-corrected chi connectivity index (χ3v) is 7.72. The van der Waals surface area contributed by atoms with Crippen LogP contribution in [0, 0.1) is 5.82 Å². The lowest BCUT2D eigenvalue weighted by molar-refractivity contribution is -0.115. The van der Waals surface area contributed by atoms with Crippen molar-refractivity contribution in [1.82, 2.24) is 15.2 Å². The third kappa shape index (κ3) is 6.00. The number of amides is 1. The van der Waals surface area contributed by atoms with E-state index in [9.17, 15) is 9.18 Å². The SMILES string of the molecule is CCCCSc1nnc(SC(C)C(=O)Nc2nc(-c3ccc(F)cc3)cs2)s1. The number of rotatable bonds is 9. The van der Waals surface area contributed by atoms with Gasteiger partial charge in [0, 0.05) is 16.7 Å². The standard InChI is InChI=1S/C18H19FN4OS4/c1-3-4-9-25-17-22-23-18(28-17)27-11(2)15(24)21-16-20-14(10-26-16)12-5-7-13(19)8-6-12/h5-8,10-11H,3-4,9H2,1-2H3,(H,20,21,24). The molecule has 3 aromatic rings. The molecule has 1 amide bonds. The number of unbranched alkanes of at least 4 members (excludes halogenated alkanes) is 1. The van der Waals surface area contributed by atoms with Crippen molar-refractivity contribution in [3.05, 3.63) is 35.5 Å². The van der Waals surface area contributed by atoms with E-state index in [0.717, 1.165) is 32.8 Å². The van der Waals surface area contributed by atoms with Gasteiger partial charge in [0.1, 0.15) is 5.82 Å². The first kappa shape index (κ1) is 21.2. The highest BCUT2D eigenvalue weighted by molar-refractivity contribution is 8.03. The second kappa shape index (κ2) is 10.3. The number of carbonyl (C=O) groups is 1. The maximum Gasteiger partial charge on any atom is 0.239 e. The summed E-state index contributed by atoms with van der Waals surface area (Å²) in [7, 11) is 0. The Kier molecular flexibility index (Phi) is 7.83. The largest absolute Gasteiger partial charge is 0.301 e. The van der Waals surface area contributed by atoms with Crippen LogP contribution in [0.3, 0.4) is 0 Å². The number of thiazole rings is 1. The Bertz CT molecular complexity index is 912. The first-order chi connectivity index (χ1) is 13.5. The monoisotopic (exact) mass is 454 g/mol. The lowest BCUT2D eigenvalue weighted by Crippen LogP contribution is -2.22. The zero-order valence-electron chi connectivity index (χ0n) is 15.3. The molecule has 1 N–H and O–H groups in total. The highest BCUT2D eigenvalue weighted by atomic mass is 32.2. The summed E-state index contributed by atoms with van der Waals surface area (Å²) in [6.45, 7) is 3.99. The van der Waals surface area contributed by atoms with Crippen LogP contribution in [0.25, 0.3) is 11.3 Å². The molecule has 28 heavy (non-hydrogen) atoms. The molecule has 1 aromatic carbocycles. The van der Waals surface area contributed by atoms with E-state index in [2.05, 4.69) is 27.4 Å². The summed E-state index contributed by atoms with van der Waals surface area (Å²) in [5.41, 5.74) is 1.51. The van der Waals surface area contributed by atoms with E-state index in [0.29, 0.717) is 10.8 Å². The van der Waals surface area contributed by atoms with E-state index in [1.165, 1.54) is 46.6 Å². The second-order valence-electron chi connectivity index (χ2n) is 5.83. The van der Waals surface area contributed by atoms with Gasteiger partial charge in [0.25, 0.3) is 0 Å². The average molecular weight is 455 g/mol. The molecule has 0 aliphatic carbocycles. The number of hydrogen-bond acceptors (Lipinski definition) is 8. The number of aromatic nitrogens is 3. The van der Waals surface area contributed by atoms with Gasteiger partial charge < -0.3 is 5.32 Å². The Balaban J connectivity index is 1.54. The molecule has 0 aliphatic heterocycles. The lowest BCUT2D eigenvalue weighted by atomic mass is 10.2. The lowest BCUT2D eigenvalue weighted by Gasteiger charge is -2.07. The van der Waals surface area contributed by atoms with Crippen LogP contribution < -0.4 is 5.32 Å². The van der Waals surface area contributed by atoms with Crippen LogP contribution in [-0.2, 0) is 4.79 Å². The number of carbonyl (C=O) groups excluding carboxylic acids is 1. The third-order valence-electron chi connectivity index (χ3n) is 3.63. The molecule has 0 aliphatic rings. The number of thioether (sulfide) groups is 2. The van der Waals surface area contributed by atoms with Gasteiger partial charge >= 0.3 is 0 Å². The molecule has 0 bridgehead atoms. The fourth-order valence-electron chi connectivity index (χ4n) is 2.10. The van der Waals surface area contributed by atoms with Gasteiger partial charge in [0.05, 0.1) is 10.9 Å². The molecule has 2 aromatic heterocycles. The topological polar surface area (TPSA) is 67.8 Å². The molecule has 0 spiro atoms. The molecule has 1 unspecified atom stereocenters. The van der Waals surface area contributed by atoms with Gasteiger partial charge in [-0.3, -0.25) is 4.79 Å². The molecular weight excluding hydrogens is 435 g/mol. The summed E-state index contributed by atoms with van der Waals surface area (Å²) in [6, 6.07) is 6.12. The van der Waals surface area contributed by atoms with Crippen LogP contribution in [0.15, 0.2) is 38.3 Å². The Morgan fingerprint density at radius 3 is 2.75 bits per heavy atom. The molecule has 3 rings (SSSR count). The summed E-state index contributed by atoms with van der Waals surface area (Å²) >= 11 is 5.95. The van der Waals surface area contributed by atoms with Crippen molar-refractivity contribution < 1.29 is 9.18 Å². The molecule has 148 valence electrons. The van der Waals surface area contributed by atoms with Crippen LogP contribution in [0.4, 0.5) is 9.52 Å². The first-order valence-electron chi connectivity index (χ1n) is 8.70. The highest BCUT2D eigenvalue weighted by Crippen LogP contribution is 2.32. The zero-order chi connectivity index (χ0) is 19.9. The predicted octanol–water partition coefficient (Wildman–Crippen LogP) is 5.81. The fourth-order valence-corrected chi connectivity index (χ4v) is 6.14. The molecule has 5 nitrogen and oxygen atoms in total. The number of benzene rings is 1. The molecule has 2 heterocycles. The van der Waals surface area contributed by atoms with Crippen molar-refractivity contribution in [3.8, 4) is 11.3 Å². The summed E-state index contributed by atoms with van der Waals surface area (Å²) in [6.07, 6.45) is 2.31. The Hall–Kier alpha value is -1.49. The smallest absolute Gasteiger partial charge is 0.239 e. The number of halogens is 1. The van der Waals surface area contributed by atoms with Gasteiger partial charge in [0.2, 0.25) is 5.91 Å². The molecule has 0 saturated heterocycles. The Morgan fingerprint density at radius 1 is 1.25 bits per heavy atom. The van der Waals surface area contributed by atoms with Crippen LogP contribution in [0.5, 0.6) is 0 Å². The van der Waals surface area contributed by atoms with Crippen LogP contribution in [0.2, 0.25) is 0 Å². The van der Waals surface area contributed by atoms with E-state index in [4.69, 9.17) is 0 Å². The van der Waals surface area contributed by atoms with Crippen molar-refractivity contribution in [2.75, 3.05) is 11.1 Å². The highest BCUT2D eigenvalue weighted by Gasteiger charge is 2.19. The Labute approximate surface area is 179 Å². The quantitative estimate of drug-likeness (QED) is 0.325. The van der Waals surface area contributed by atoms with Gasteiger partial charge in [-0.05, 0) is 37.6 Å². The van der Waals surface area contributed by atoms with Crippen LogP contribution in [-0.4, -0.2) is 32.1 Å². The van der Waals surface area contributed by atoms with E-state index >= 15 is 0 Å². The first-order valence-corrected chi connectivity index (χ1v) is 12.3. The number of nitrogens with zero attached hydrogens (tertiary/aromatic N) is 3. The normalized spacial score (nSPS) is 12.1. The van der Waals surface area contributed by atoms with Gasteiger partial charge in [-0.15, -0.1) is 21.5 Å². The molecule has 1 atom stereocenters. The molecule has 10 heteroatoms. The van der Waals surface area contributed by atoms with Crippen molar-refractivity contribution in [1.29, 1.82) is 0 Å². The predicted molar refractivity (Wildman–Crippen MR) is 117 cm³/mol. The van der Waals surface area contributed by atoms with E-state index in [-0.39, 0.29) is 17.0 Å². The summed E-state index contributed by atoms with van der Waals surface area (Å²) in [4.78, 5) is 16.9. The van der Waals surface area contributed by atoms with Crippen LogP contribution in [0.1, 0.15) is 26.7 Å². The molecular formula is C18H19FN4OS4. The van der Waals surface area contributed by atoms with E-state index in [1.807, 2.05) is 12.3 Å². The van der Waals surface area contributed by atoms with Gasteiger partial charge in [-0.25, -0.2) is 9.37 Å². The number of anilines is 1. The average Bonchev–Trinajstić information content (AvgIpc) is 3.32. The summed E-state index contributed by atoms with van der Waals surface area (Å²) in [5.74, 6) is 0.606. The van der Waals surface area contributed by atoms with Gasteiger partial charge in [0.15, 0.2) is 13.8 Å². The molecule has 0 radical (unpaired) electrons. The van der Waals surface area contributed by atoms with Crippen molar-refractivity contribution in [2.45, 2.75) is 40.6 Å². The number of nitrogens with one attached hydrogen (secondary N) is 1. The van der Waals surface area contributed by atoms with E-state index < -0.39 is 0 Å². The minimum atomic E-state index is -0.320.